The third-order valence-electron chi connectivity index (χ3n) is 4.00. The van der Waals surface area contributed by atoms with Crippen molar-refractivity contribution in [3.05, 3.63) is 41.4 Å². The Bertz CT molecular complexity index is 612. The van der Waals surface area contributed by atoms with E-state index in [1.165, 1.54) is 0 Å². The van der Waals surface area contributed by atoms with Crippen molar-refractivity contribution in [2.75, 3.05) is 0 Å². The van der Waals surface area contributed by atoms with Crippen LogP contribution in [-0.2, 0) is 4.65 Å². The molecule has 2 aromatic rings. The summed E-state index contributed by atoms with van der Waals surface area (Å²) in [6, 6.07) is 11.9. The van der Waals surface area contributed by atoms with E-state index in [9.17, 15) is 5.11 Å². The van der Waals surface area contributed by atoms with Gasteiger partial charge >= 0.3 is 7.48 Å². The molecule has 2 aromatic carbocycles. The van der Waals surface area contributed by atoms with Crippen LogP contribution in [0.25, 0.3) is 10.8 Å². The molecule has 0 aliphatic carbocycles. The largest absolute Gasteiger partial charge is 0.427 e. The van der Waals surface area contributed by atoms with Crippen molar-refractivity contribution < 1.29 is 9.76 Å². The lowest BCUT2D eigenvalue weighted by Crippen LogP contribution is -2.49. The molecule has 0 aromatic heterocycles. The molecule has 4 heteroatoms. The predicted molar refractivity (Wildman–Crippen MR) is 87.2 cm³/mol. The molecule has 1 N–H and O–H groups in total. The highest BCUT2D eigenvalue weighted by molar-refractivity contribution is 6.53. The van der Waals surface area contributed by atoms with Crippen LogP contribution in [0.3, 0.4) is 0 Å². The number of rotatable bonds is 4. The van der Waals surface area contributed by atoms with Gasteiger partial charge in [-0.05, 0) is 50.0 Å². The lowest BCUT2D eigenvalue weighted by atomic mass is 9.80. The van der Waals surface area contributed by atoms with Crippen LogP contribution in [0.5, 0.6) is 0 Å². The van der Waals surface area contributed by atoms with Gasteiger partial charge < -0.3 is 9.76 Å². The Morgan fingerprint density at radius 3 is 2.25 bits per heavy atom. The molecule has 106 valence electrons. The van der Waals surface area contributed by atoms with E-state index in [0.717, 1.165) is 21.3 Å². The molecule has 0 spiro atoms. The highest BCUT2D eigenvalue weighted by atomic mass is 35.5. The summed E-state index contributed by atoms with van der Waals surface area (Å²) in [7, 11) is 0.415. The third-order valence-corrected chi connectivity index (χ3v) is 4.32. The Kier molecular flexibility index (Phi) is 4.15. The first-order valence-corrected chi connectivity index (χ1v) is 7.12. The van der Waals surface area contributed by atoms with Gasteiger partial charge in [0.15, 0.2) is 0 Å². The number of aliphatic hydroxyl groups is 1. The summed E-state index contributed by atoms with van der Waals surface area (Å²) in [6.45, 7) is 7.28. The fourth-order valence-corrected chi connectivity index (χ4v) is 2.23. The zero-order chi connectivity index (χ0) is 15.0. The molecule has 0 aliphatic heterocycles. The van der Waals surface area contributed by atoms with Gasteiger partial charge in [-0.25, -0.2) is 0 Å². The van der Waals surface area contributed by atoms with Gasteiger partial charge in [-0.1, -0.05) is 41.9 Å². The minimum Gasteiger partial charge on any atom is -0.427 e. The molecule has 0 fully saturated rings. The smallest absolute Gasteiger partial charge is 0.310 e. The second-order valence-corrected chi connectivity index (χ2v) is 6.52. The summed E-state index contributed by atoms with van der Waals surface area (Å²) in [5.41, 5.74) is -0.525. The van der Waals surface area contributed by atoms with Gasteiger partial charge in [0, 0.05) is 5.02 Å². The Balaban J connectivity index is 2.32. The van der Waals surface area contributed by atoms with Crippen LogP contribution in [0, 0.1) is 0 Å². The van der Waals surface area contributed by atoms with Crippen LogP contribution in [0.2, 0.25) is 5.02 Å². The Hall–Kier alpha value is -1.03. The van der Waals surface area contributed by atoms with Gasteiger partial charge in [-0.2, -0.15) is 0 Å². The summed E-state index contributed by atoms with van der Waals surface area (Å²) in [6.07, 6.45) is 0. The monoisotopic (exact) mass is 290 g/mol. The van der Waals surface area contributed by atoms with Gasteiger partial charge in [0.1, 0.15) is 0 Å². The van der Waals surface area contributed by atoms with Gasteiger partial charge in [-0.3, -0.25) is 0 Å². The van der Waals surface area contributed by atoms with E-state index in [4.69, 9.17) is 16.3 Å². The molecule has 20 heavy (non-hydrogen) atoms. The van der Waals surface area contributed by atoms with Crippen LogP contribution >= 0.6 is 11.6 Å². The highest BCUT2D eigenvalue weighted by Gasteiger charge is 2.35. The van der Waals surface area contributed by atoms with Gasteiger partial charge in [0.05, 0.1) is 11.2 Å². The summed E-state index contributed by atoms with van der Waals surface area (Å²) < 4.78 is 5.93. The molecule has 0 amide bonds. The number of fused-ring (bicyclic) bond motifs is 1. The van der Waals surface area contributed by atoms with E-state index in [0.29, 0.717) is 7.48 Å². The second kappa shape index (κ2) is 5.40. The number of hydrogen-bond donors (Lipinski definition) is 1. The van der Waals surface area contributed by atoms with Gasteiger partial charge in [0.25, 0.3) is 0 Å². The summed E-state index contributed by atoms with van der Waals surface area (Å²) in [4.78, 5) is 0. The quantitative estimate of drug-likeness (QED) is 0.877. The van der Waals surface area contributed by atoms with Crippen LogP contribution in [0.15, 0.2) is 36.4 Å². The average Bonchev–Trinajstić information content (AvgIpc) is 2.35. The Morgan fingerprint density at radius 1 is 1.05 bits per heavy atom. The Morgan fingerprint density at radius 2 is 1.65 bits per heavy atom. The minimum atomic E-state index is -0.915. The normalized spacial score (nSPS) is 12.7. The average molecular weight is 291 g/mol. The first-order valence-electron chi connectivity index (χ1n) is 6.75. The summed E-state index contributed by atoms with van der Waals surface area (Å²) in [5, 5.41) is 13.0. The number of hydrogen-bond acceptors (Lipinski definition) is 2. The van der Waals surface area contributed by atoms with Crippen LogP contribution < -0.4 is 5.46 Å². The molecule has 0 saturated carbocycles. The van der Waals surface area contributed by atoms with Crippen molar-refractivity contribution in [2.24, 2.45) is 0 Å². The molecule has 0 saturated heterocycles. The van der Waals surface area contributed by atoms with Gasteiger partial charge in [0.2, 0.25) is 0 Å². The number of benzene rings is 2. The van der Waals surface area contributed by atoms with E-state index in [1.807, 2.05) is 50.2 Å². The fraction of sp³-hybridized carbons (Fsp3) is 0.375. The van der Waals surface area contributed by atoms with Crippen molar-refractivity contribution in [2.45, 2.75) is 38.9 Å². The van der Waals surface area contributed by atoms with E-state index >= 15 is 0 Å². The summed E-state index contributed by atoms with van der Waals surface area (Å²) in [5.74, 6) is 0. The zero-order valence-electron chi connectivity index (χ0n) is 12.4. The van der Waals surface area contributed by atoms with E-state index in [2.05, 4.69) is 0 Å². The molecule has 0 aliphatic rings. The molecule has 0 bridgehead atoms. The fourth-order valence-electron chi connectivity index (χ4n) is 1.92. The molecular formula is C16H20BClO2. The molecule has 0 unspecified atom stereocenters. The van der Waals surface area contributed by atoms with Crippen molar-refractivity contribution in [1.82, 2.24) is 0 Å². The number of halogens is 1. The lowest BCUT2D eigenvalue weighted by Gasteiger charge is -2.37. The minimum absolute atomic E-state index is 0.415. The standard InChI is InChI=1S/C16H20BClO2/c1-15(2,19)16(3,4)20-17-12-9-5-7-11-8-6-10-13(18)14(11)12/h5-10,17,19H,1-4H3. The van der Waals surface area contributed by atoms with E-state index in [1.54, 1.807) is 13.8 Å². The SMILES string of the molecule is CC(C)(O)C(C)(C)OBc1cccc2cccc(Cl)c12. The first-order chi connectivity index (χ1) is 9.22. The maximum atomic E-state index is 10.1. The van der Waals surface area contributed by atoms with Crippen molar-refractivity contribution in [1.29, 1.82) is 0 Å². The van der Waals surface area contributed by atoms with E-state index in [-0.39, 0.29) is 0 Å². The zero-order valence-corrected chi connectivity index (χ0v) is 13.2. The molecule has 0 atom stereocenters. The van der Waals surface area contributed by atoms with Crippen molar-refractivity contribution >= 4 is 35.3 Å². The Labute approximate surface area is 126 Å². The molecule has 2 nitrogen and oxygen atoms in total. The second-order valence-electron chi connectivity index (χ2n) is 6.11. The topological polar surface area (TPSA) is 29.5 Å². The van der Waals surface area contributed by atoms with Crippen molar-refractivity contribution in [3.8, 4) is 0 Å². The maximum absolute atomic E-state index is 10.1. The molecule has 2 rings (SSSR count). The van der Waals surface area contributed by atoms with Crippen molar-refractivity contribution in [3.63, 3.8) is 0 Å². The van der Waals surface area contributed by atoms with Crippen LogP contribution in [0.4, 0.5) is 0 Å². The first kappa shape index (κ1) is 15.4. The van der Waals surface area contributed by atoms with Gasteiger partial charge in [-0.15, -0.1) is 0 Å². The van der Waals surface area contributed by atoms with Crippen LogP contribution in [0.1, 0.15) is 27.7 Å². The molecular weight excluding hydrogens is 270 g/mol. The molecule has 0 heterocycles. The summed E-state index contributed by atoms with van der Waals surface area (Å²) >= 11 is 6.30. The maximum Gasteiger partial charge on any atom is 0.310 e. The lowest BCUT2D eigenvalue weighted by molar-refractivity contribution is -0.0893. The van der Waals surface area contributed by atoms with E-state index < -0.39 is 11.2 Å². The van der Waals surface area contributed by atoms with Crippen LogP contribution in [-0.4, -0.2) is 23.8 Å². The third kappa shape index (κ3) is 3.00. The molecule has 0 radical (unpaired) electrons. The predicted octanol–water partition coefficient (Wildman–Crippen LogP) is 3.04. The highest BCUT2D eigenvalue weighted by Crippen LogP contribution is 2.25.